The standard InChI is InChI=1S/C15H13BrClF2N/c1-2-20-15(10-8-9(16)6-7-12(10)18)14-11(17)4-3-5-13(14)19/h3-8,15,20H,2H2,1H3. The molecule has 20 heavy (non-hydrogen) atoms. The zero-order valence-electron chi connectivity index (χ0n) is 10.8. The van der Waals surface area contributed by atoms with Crippen molar-refractivity contribution in [2.24, 2.45) is 0 Å². The first-order valence-electron chi connectivity index (χ1n) is 6.16. The molecule has 0 spiro atoms. The van der Waals surface area contributed by atoms with Crippen LogP contribution in [-0.2, 0) is 0 Å². The molecule has 0 radical (unpaired) electrons. The first kappa shape index (κ1) is 15.4. The monoisotopic (exact) mass is 359 g/mol. The van der Waals surface area contributed by atoms with Gasteiger partial charge in [0, 0.05) is 20.6 Å². The van der Waals surface area contributed by atoms with Gasteiger partial charge in [0.1, 0.15) is 11.6 Å². The van der Waals surface area contributed by atoms with E-state index in [0.29, 0.717) is 12.1 Å². The highest BCUT2D eigenvalue weighted by Gasteiger charge is 2.23. The summed E-state index contributed by atoms with van der Waals surface area (Å²) in [6.45, 7) is 2.43. The van der Waals surface area contributed by atoms with Gasteiger partial charge in [-0.1, -0.05) is 40.5 Å². The Morgan fingerprint density at radius 2 is 1.95 bits per heavy atom. The summed E-state index contributed by atoms with van der Waals surface area (Å²) < 4.78 is 28.9. The van der Waals surface area contributed by atoms with Crippen molar-refractivity contribution < 1.29 is 8.78 Å². The lowest BCUT2D eigenvalue weighted by molar-refractivity contribution is 0.530. The second-order valence-corrected chi connectivity index (χ2v) is 5.61. The Bertz CT molecular complexity index is 599. The van der Waals surface area contributed by atoms with Gasteiger partial charge >= 0.3 is 0 Å². The summed E-state index contributed by atoms with van der Waals surface area (Å²) >= 11 is 9.39. The summed E-state index contributed by atoms with van der Waals surface area (Å²) in [6.07, 6.45) is 0. The maximum Gasteiger partial charge on any atom is 0.129 e. The Morgan fingerprint density at radius 3 is 2.60 bits per heavy atom. The maximum absolute atomic E-state index is 14.1. The number of halogens is 4. The normalized spacial score (nSPS) is 12.4. The molecule has 0 saturated heterocycles. The number of benzene rings is 2. The van der Waals surface area contributed by atoms with Gasteiger partial charge in [-0.3, -0.25) is 0 Å². The topological polar surface area (TPSA) is 12.0 Å². The van der Waals surface area contributed by atoms with Crippen molar-refractivity contribution in [3.05, 3.63) is 68.7 Å². The highest BCUT2D eigenvalue weighted by molar-refractivity contribution is 9.10. The third-order valence-electron chi connectivity index (χ3n) is 2.97. The van der Waals surface area contributed by atoms with E-state index in [0.717, 1.165) is 4.47 Å². The molecular formula is C15H13BrClF2N. The third-order valence-corrected chi connectivity index (χ3v) is 3.79. The van der Waals surface area contributed by atoms with E-state index in [2.05, 4.69) is 21.2 Å². The van der Waals surface area contributed by atoms with E-state index in [4.69, 9.17) is 11.6 Å². The zero-order valence-corrected chi connectivity index (χ0v) is 13.1. The lowest BCUT2D eigenvalue weighted by Crippen LogP contribution is -2.24. The minimum absolute atomic E-state index is 0.257. The van der Waals surface area contributed by atoms with Crippen molar-refractivity contribution in [1.29, 1.82) is 0 Å². The number of hydrogen-bond acceptors (Lipinski definition) is 1. The molecule has 1 atom stereocenters. The molecule has 5 heteroatoms. The van der Waals surface area contributed by atoms with Gasteiger partial charge in [0.2, 0.25) is 0 Å². The van der Waals surface area contributed by atoms with Crippen LogP contribution in [0.1, 0.15) is 24.1 Å². The van der Waals surface area contributed by atoms with Crippen LogP contribution in [0, 0.1) is 11.6 Å². The average Bonchev–Trinajstić information content (AvgIpc) is 2.40. The minimum atomic E-state index is -0.633. The van der Waals surface area contributed by atoms with E-state index >= 15 is 0 Å². The Hall–Kier alpha value is -0.970. The van der Waals surface area contributed by atoms with Crippen LogP contribution in [0.2, 0.25) is 5.02 Å². The van der Waals surface area contributed by atoms with Gasteiger partial charge in [-0.25, -0.2) is 8.78 Å². The molecule has 106 valence electrons. The molecule has 0 saturated carbocycles. The van der Waals surface area contributed by atoms with Gasteiger partial charge < -0.3 is 5.32 Å². The minimum Gasteiger partial charge on any atom is -0.306 e. The largest absolute Gasteiger partial charge is 0.306 e. The molecule has 2 aromatic carbocycles. The number of nitrogens with one attached hydrogen (secondary N) is 1. The smallest absolute Gasteiger partial charge is 0.129 e. The van der Waals surface area contributed by atoms with Crippen LogP contribution in [0.15, 0.2) is 40.9 Å². The highest BCUT2D eigenvalue weighted by Crippen LogP contribution is 2.33. The Morgan fingerprint density at radius 1 is 1.20 bits per heavy atom. The van der Waals surface area contributed by atoms with Crippen molar-refractivity contribution in [2.45, 2.75) is 13.0 Å². The van der Waals surface area contributed by atoms with Gasteiger partial charge in [0.15, 0.2) is 0 Å². The van der Waals surface area contributed by atoms with Crippen molar-refractivity contribution in [3.8, 4) is 0 Å². The second-order valence-electron chi connectivity index (χ2n) is 4.29. The molecule has 0 amide bonds. The van der Waals surface area contributed by atoms with Gasteiger partial charge in [-0.15, -0.1) is 0 Å². The van der Waals surface area contributed by atoms with Gasteiger partial charge in [0.25, 0.3) is 0 Å². The summed E-state index contributed by atoms with van der Waals surface area (Å²) in [5, 5.41) is 3.35. The molecule has 0 bridgehead atoms. The molecule has 1 N–H and O–H groups in total. The van der Waals surface area contributed by atoms with Crippen LogP contribution >= 0.6 is 27.5 Å². The Labute approximate surface area is 130 Å². The lowest BCUT2D eigenvalue weighted by Gasteiger charge is -2.21. The fraction of sp³-hybridized carbons (Fsp3) is 0.200. The molecule has 0 aliphatic heterocycles. The molecular weight excluding hydrogens is 348 g/mol. The molecule has 0 aliphatic rings. The molecule has 0 aliphatic carbocycles. The summed E-state index contributed by atoms with van der Waals surface area (Å²) in [5.41, 5.74) is 0.612. The SMILES string of the molecule is CCNC(c1cc(Br)ccc1F)c1c(F)cccc1Cl. The third kappa shape index (κ3) is 3.19. The predicted molar refractivity (Wildman–Crippen MR) is 81.0 cm³/mol. The molecule has 1 nitrogen and oxygen atoms in total. The maximum atomic E-state index is 14.1. The van der Waals surface area contributed by atoms with E-state index in [1.165, 1.54) is 18.2 Å². The molecule has 2 rings (SSSR count). The fourth-order valence-electron chi connectivity index (χ4n) is 2.09. The summed E-state index contributed by atoms with van der Waals surface area (Å²) in [4.78, 5) is 0. The van der Waals surface area contributed by atoms with Gasteiger partial charge in [-0.2, -0.15) is 0 Å². The van der Waals surface area contributed by atoms with Gasteiger partial charge in [0.05, 0.1) is 6.04 Å². The number of hydrogen-bond donors (Lipinski definition) is 1. The van der Waals surface area contributed by atoms with Crippen LogP contribution in [0.3, 0.4) is 0 Å². The van der Waals surface area contributed by atoms with Crippen LogP contribution in [-0.4, -0.2) is 6.54 Å². The first-order chi connectivity index (χ1) is 9.54. The van der Waals surface area contributed by atoms with E-state index in [1.54, 1.807) is 18.2 Å². The molecule has 0 aromatic heterocycles. The lowest BCUT2D eigenvalue weighted by atomic mass is 9.97. The van der Waals surface area contributed by atoms with Crippen molar-refractivity contribution in [2.75, 3.05) is 6.54 Å². The Kier molecular flexibility index (Phi) is 5.13. The van der Waals surface area contributed by atoms with Crippen LogP contribution in [0.5, 0.6) is 0 Å². The molecule has 0 heterocycles. The quantitative estimate of drug-likeness (QED) is 0.802. The summed E-state index contributed by atoms with van der Waals surface area (Å²) in [6, 6.07) is 8.39. The zero-order chi connectivity index (χ0) is 14.7. The summed E-state index contributed by atoms with van der Waals surface area (Å²) in [5.74, 6) is -0.860. The van der Waals surface area contributed by atoms with Crippen molar-refractivity contribution in [3.63, 3.8) is 0 Å². The predicted octanol–water partition coefficient (Wildman–Crippen LogP) is 5.08. The highest BCUT2D eigenvalue weighted by atomic mass is 79.9. The molecule has 1 unspecified atom stereocenters. The molecule has 2 aromatic rings. The van der Waals surface area contributed by atoms with Crippen LogP contribution in [0.25, 0.3) is 0 Å². The molecule has 0 fully saturated rings. The summed E-state index contributed by atoms with van der Waals surface area (Å²) in [7, 11) is 0. The van der Waals surface area contributed by atoms with Crippen LogP contribution in [0.4, 0.5) is 8.78 Å². The second kappa shape index (κ2) is 6.66. The average molecular weight is 361 g/mol. The first-order valence-corrected chi connectivity index (χ1v) is 7.34. The van der Waals surface area contributed by atoms with Crippen molar-refractivity contribution >= 4 is 27.5 Å². The van der Waals surface area contributed by atoms with E-state index < -0.39 is 17.7 Å². The van der Waals surface area contributed by atoms with E-state index in [-0.39, 0.29) is 10.6 Å². The fourth-order valence-corrected chi connectivity index (χ4v) is 2.74. The number of rotatable bonds is 4. The Balaban J connectivity index is 2.59. The van der Waals surface area contributed by atoms with Crippen LogP contribution < -0.4 is 5.32 Å². The van der Waals surface area contributed by atoms with Gasteiger partial charge in [-0.05, 0) is 36.9 Å². The van der Waals surface area contributed by atoms with E-state index in [9.17, 15) is 8.78 Å². The van der Waals surface area contributed by atoms with E-state index in [1.807, 2.05) is 6.92 Å². The van der Waals surface area contributed by atoms with Crippen molar-refractivity contribution in [1.82, 2.24) is 5.32 Å².